The van der Waals surface area contributed by atoms with Gasteiger partial charge in [-0.05, 0) is 37.3 Å². The summed E-state index contributed by atoms with van der Waals surface area (Å²) in [6.45, 7) is 1.64. The van der Waals surface area contributed by atoms with Crippen LogP contribution in [0, 0.1) is 5.82 Å². The quantitative estimate of drug-likeness (QED) is 0.718. The summed E-state index contributed by atoms with van der Waals surface area (Å²) >= 11 is 9.24. The first-order chi connectivity index (χ1) is 9.47. The van der Waals surface area contributed by atoms with E-state index in [0.717, 1.165) is 4.47 Å². The fourth-order valence-corrected chi connectivity index (χ4v) is 2.28. The Bertz CT molecular complexity index is 658. The number of carbonyl (C=O) groups excluding carboxylic acids is 1. The summed E-state index contributed by atoms with van der Waals surface area (Å²) in [7, 11) is 0. The number of Topliss-reactive ketones (excluding diaryl/α,β-unsaturated/α-hetero) is 1. The lowest BCUT2D eigenvalue weighted by atomic mass is 10.1. The second-order valence-corrected chi connectivity index (χ2v) is 5.54. The summed E-state index contributed by atoms with van der Waals surface area (Å²) in [6.07, 6.45) is 0. The molecular weight excluding hydrogens is 347 g/mol. The molecule has 2 aromatic carbocycles. The Morgan fingerprint density at radius 1 is 1.30 bits per heavy atom. The van der Waals surface area contributed by atoms with Crippen LogP contribution < -0.4 is 4.74 Å². The number of ketones is 1. The van der Waals surface area contributed by atoms with Crippen LogP contribution in [-0.4, -0.2) is 5.78 Å². The Hall–Kier alpha value is -1.39. The molecule has 0 N–H and O–H groups in total. The summed E-state index contributed by atoms with van der Waals surface area (Å²) in [5.74, 6) is -0.0144. The van der Waals surface area contributed by atoms with Crippen molar-refractivity contribution < 1.29 is 13.9 Å². The van der Waals surface area contributed by atoms with Crippen molar-refractivity contribution in [3.63, 3.8) is 0 Å². The minimum absolute atomic E-state index is 0.0912. The van der Waals surface area contributed by atoms with Crippen LogP contribution in [0.1, 0.15) is 22.8 Å². The maximum Gasteiger partial charge on any atom is 0.163 e. The number of hydrogen-bond acceptors (Lipinski definition) is 2. The number of ether oxygens (including phenoxy) is 1. The Balaban J connectivity index is 2.20. The van der Waals surface area contributed by atoms with Crippen molar-refractivity contribution in [2.45, 2.75) is 13.5 Å². The predicted molar refractivity (Wildman–Crippen MR) is 79.9 cm³/mol. The van der Waals surface area contributed by atoms with Gasteiger partial charge in [0.1, 0.15) is 18.2 Å². The van der Waals surface area contributed by atoms with Gasteiger partial charge in [-0.25, -0.2) is 4.39 Å². The van der Waals surface area contributed by atoms with Crippen molar-refractivity contribution in [3.05, 3.63) is 62.8 Å². The number of carbonyl (C=O) groups is 1. The smallest absolute Gasteiger partial charge is 0.163 e. The minimum Gasteiger partial charge on any atom is -0.488 e. The van der Waals surface area contributed by atoms with E-state index in [1.165, 1.54) is 19.1 Å². The average molecular weight is 358 g/mol. The predicted octanol–water partition coefficient (Wildman–Crippen LogP) is 5.02. The Morgan fingerprint density at radius 2 is 2.05 bits per heavy atom. The van der Waals surface area contributed by atoms with Gasteiger partial charge in [-0.15, -0.1) is 0 Å². The van der Waals surface area contributed by atoms with Crippen molar-refractivity contribution in [2.24, 2.45) is 0 Å². The zero-order valence-corrected chi connectivity index (χ0v) is 13.0. The standard InChI is InChI=1S/C15H11BrClFO2/c1-9(19)13-6-11(16)3-5-15(13)20-8-10-2-4-12(18)7-14(10)17/h2-7H,8H2,1H3. The maximum absolute atomic E-state index is 12.9. The number of hydrogen-bond donors (Lipinski definition) is 0. The van der Waals surface area contributed by atoms with Crippen molar-refractivity contribution >= 4 is 33.3 Å². The van der Waals surface area contributed by atoms with Gasteiger partial charge in [0.15, 0.2) is 5.78 Å². The van der Waals surface area contributed by atoms with E-state index in [0.29, 0.717) is 21.9 Å². The van der Waals surface area contributed by atoms with E-state index in [2.05, 4.69) is 15.9 Å². The van der Waals surface area contributed by atoms with Crippen molar-refractivity contribution in [1.82, 2.24) is 0 Å². The first-order valence-electron chi connectivity index (χ1n) is 5.84. The van der Waals surface area contributed by atoms with Crippen LogP contribution in [0.25, 0.3) is 0 Å². The fourth-order valence-electron chi connectivity index (χ4n) is 1.70. The molecule has 2 rings (SSSR count). The molecule has 0 aliphatic rings. The van der Waals surface area contributed by atoms with Crippen LogP contribution in [0.4, 0.5) is 4.39 Å². The third kappa shape index (κ3) is 3.58. The summed E-state index contributed by atoms with van der Waals surface area (Å²) in [6, 6.07) is 9.30. The topological polar surface area (TPSA) is 26.3 Å². The van der Waals surface area contributed by atoms with Gasteiger partial charge in [0.25, 0.3) is 0 Å². The van der Waals surface area contributed by atoms with Crippen LogP contribution in [0.5, 0.6) is 5.75 Å². The maximum atomic E-state index is 12.9. The molecule has 0 radical (unpaired) electrons. The molecule has 0 unspecified atom stereocenters. The van der Waals surface area contributed by atoms with Gasteiger partial charge in [-0.1, -0.05) is 33.6 Å². The summed E-state index contributed by atoms with van der Waals surface area (Å²) in [5, 5.41) is 0.298. The Labute approximate surface area is 129 Å². The lowest BCUT2D eigenvalue weighted by molar-refractivity contribution is 0.101. The van der Waals surface area contributed by atoms with E-state index in [4.69, 9.17) is 16.3 Å². The average Bonchev–Trinajstić information content (AvgIpc) is 2.38. The number of benzene rings is 2. The highest BCUT2D eigenvalue weighted by Crippen LogP contribution is 2.26. The third-order valence-electron chi connectivity index (χ3n) is 2.72. The third-order valence-corrected chi connectivity index (χ3v) is 3.56. The fraction of sp³-hybridized carbons (Fsp3) is 0.133. The summed E-state index contributed by atoms with van der Waals surface area (Å²) in [5.41, 5.74) is 1.14. The van der Waals surface area contributed by atoms with E-state index in [-0.39, 0.29) is 12.4 Å². The van der Waals surface area contributed by atoms with Crippen molar-refractivity contribution in [3.8, 4) is 5.75 Å². The molecule has 0 aliphatic heterocycles. The molecule has 0 saturated carbocycles. The van der Waals surface area contributed by atoms with Gasteiger partial charge in [-0.2, -0.15) is 0 Å². The van der Waals surface area contributed by atoms with E-state index in [1.54, 1.807) is 24.3 Å². The molecule has 0 aromatic heterocycles. The number of rotatable bonds is 4. The molecule has 0 bridgehead atoms. The largest absolute Gasteiger partial charge is 0.488 e. The van der Waals surface area contributed by atoms with Crippen LogP contribution in [0.15, 0.2) is 40.9 Å². The summed E-state index contributed by atoms with van der Waals surface area (Å²) < 4.78 is 19.4. The second kappa shape index (κ2) is 6.37. The first-order valence-corrected chi connectivity index (χ1v) is 7.01. The Kier molecular flexibility index (Phi) is 4.78. The lowest BCUT2D eigenvalue weighted by Crippen LogP contribution is -2.02. The van der Waals surface area contributed by atoms with Gasteiger partial charge in [-0.3, -0.25) is 4.79 Å². The van der Waals surface area contributed by atoms with Crippen LogP contribution in [-0.2, 0) is 6.61 Å². The molecule has 2 nitrogen and oxygen atoms in total. The van der Waals surface area contributed by atoms with Crippen molar-refractivity contribution in [2.75, 3.05) is 0 Å². The van der Waals surface area contributed by atoms with Gasteiger partial charge >= 0.3 is 0 Å². The van der Waals surface area contributed by atoms with E-state index in [9.17, 15) is 9.18 Å². The van der Waals surface area contributed by atoms with E-state index in [1.807, 2.05) is 0 Å². The van der Waals surface area contributed by atoms with Crippen LogP contribution in [0.2, 0.25) is 5.02 Å². The monoisotopic (exact) mass is 356 g/mol. The molecule has 0 aliphatic carbocycles. The lowest BCUT2D eigenvalue weighted by Gasteiger charge is -2.11. The van der Waals surface area contributed by atoms with Gasteiger partial charge < -0.3 is 4.74 Å². The zero-order valence-electron chi connectivity index (χ0n) is 10.6. The van der Waals surface area contributed by atoms with Gasteiger partial charge in [0, 0.05) is 10.0 Å². The zero-order chi connectivity index (χ0) is 14.7. The first kappa shape index (κ1) is 15.0. The second-order valence-electron chi connectivity index (χ2n) is 4.22. The SMILES string of the molecule is CC(=O)c1cc(Br)ccc1OCc1ccc(F)cc1Cl. The molecule has 5 heteroatoms. The Morgan fingerprint density at radius 3 is 2.70 bits per heavy atom. The van der Waals surface area contributed by atoms with E-state index < -0.39 is 5.82 Å². The molecule has 0 spiro atoms. The van der Waals surface area contributed by atoms with Crippen molar-refractivity contribution in [1.29, 1.82) is 0 Å². The molecule has 0 heterocycles. The molecule has 0 fully saturated rings. The molecular formula is C15H11BrClFO2. The number of halogens is 3. The van der Waals surface area contributed by atoms with Gasteiger partial charge in [0.2, 0.25) is 0 Å². The van der Waals surface area contributed by atoms with Gasteiger partial charge in [0.05, 0.1) is 10.6 Å². The summed E-state index contributed by atoms with van der Waals surface area (Å²) in [4.78, 5) is 11.6. The van der Waals surface area contributed by atoms with Crippen LogP contribution in [0.3, 0.4) is 0 Å². The molecule has 0 amide bonds. The minimum atomic E-state index is -0.396. The highest BCUT2D eigenvalue weighted by atomic mass is 79.9. The normalized spacial score (nSPS) is 10.4. The molecule has 2 aromatic rings. The molecule has 0 atom stereocenters. The highest BCUT2D eigenvalue weighted by Gasteiger charge is 2.10. The molecule has 20 heavy (non-hydrogen) atoms. The van der Waals surface area contributed by atoms with E-state index >= 15 is 0 Å². The highest BCUT2D eigenvalue weighted by molar-refractivity contribution is 9.10. The molecule has 0 saturated heterocycles. The molecule has 104 valence electrons. The van der Waals surface area contributed by atoms with Crippen LogP contribution >= 0.6 is 27.5 Å².